The molecule has 0 saturated carbocycles. The predicted octanol–water partition coefficient (Wildman–Crippen LogP) is 1.25. The lowest BCUT2D eigenvalue weighted by molar-refractivity contribution is -0.143. The molecule has 1 rings (SSSR count). The Morgan fingerprint density at radius 3 is 3.00 bits per heavy atom. The van der Waals surface area contributed by atoms with Gasteiger partial charge in [-0.15, -0.1) is 0 Å². The molecule has 0 fully saturated rings. The van der Waals surface area contributed by atoms with E-state index in [9.17, 15) is 4.79 Å². The molecule has 16 heavy (non-hydrogen) atoms. The molecule has 0 aromatic carbocycles. The van der Waals surface area contributed by atoms with E-state index in [4.69, 9.17) is 10.5 Å². The first-order chi connectivity index (χ1) is 7.67. The fourth-order valence-corrected chi connectivity index (χ4v) is 1.44. The van der Waals surface area contributed by atoms with Crippen LogP contribution in [-0.2, 0) is 16.1 Å². The molecule has 0 aliphatic rings. The van der Waals surface area contributed by atoms with Crippen LogP contribution in [0.5, 0.6) is 0 Å². The molecule has 2 N–H and O–H groups in total. The van der Waals surface area contributed by atoms with Crippen LogP contribution in [-0.4, -0.2) is 22.4 Å². The number of esters is 1. The molecule has 0 aliphatic carbocycles. The number of nitrogens with zero attached hydrogens (tertiary/aromatic N) is 2. The molecule has 5 heteroatoms. The van der Waals surface area contributed by atoms with Gasteiger partial charge in [0.1, 0.15) is 0 Å². The van der Waals surface area contributed by atoms with Gasteiger partial charge in [-0.05, 0) is 13.3 Å². The van der Waals surface area contributed by atoms with Crippen molar-refractivity contribution in [1.82, 2.24) is 9.78 Å². The minimum atomic E-state index is -0.329. The summed E-state index contributed by atoms with van der Waals surface area (Å²) in [7, 11) is 0. The van der Waals surface area contributed by atoms with E-state index in [1.165, 1.54) is 0 Å². The molecular formula is C11H19N3O2. The van der Waals surface area contributed by atoms with E-state index in [1.807, 2.05) is 10.9 Å². The Bertz CT molecular complexity index is 336. The van der Waals surface area contributed by atoms with Gasteiger partial charge in [0.15, 0.2) is 0 Å². The fourth-order valence-electron chi connectivity index (χ4n) is 1.44. The van der Waals surface area contributed by atoms with E-state index >= 15 is 0 Å². The normalized spacial score (nSPS) is 12.4. The Labute approximate surface area is 95.6 Å². The highest BCUT2D eigenvalue weighted by Crippen LogP contribution is 2.13. The highest BCUT2D eigenvalue weighted by Gasteiger charge is 2.13. The van der Waals surface area contributed by atoms with Gasteiger partial charge in [-0.3, -0.25) is 9.48 Å². The van der Waals surface area contributed by atoms with Crippen molar-refractivity contribution in [1.29, 1.82) is 0 Å². The van der Waals surface area contributed by atoms with Crippen molar-refractivity contribution in [2.75, 3.05) is 6.61 Å². The van der Waals surface area contributed by atoms with Crippen molar-refractivity contribution >= 4 is 5.97 Å². The Morgan fingerprint density at radius 2 is 2.38 bits per heavy atom. The third kappa shape index (κ3) is 3.66. The van der Waals surface area contributed by atoms with E-state index in [-0.39, 0.29) is 18.4 Å². The zero-order valence-electron chi connectivity index (χ0n) is 9.85. The standard InChI is InChI=1S/C11H19N3O2/c1-3-5-14-8-9(7-13-14)10(12)6-11(15)16-4-2/h7-8,10H,3-6,12H2,1-2H3. The van der Waals surface area contributed by atoms with Gasteiger partial charge in [0.2, 0.25) is 0 Å². The second-order valence-corrected chi connectivity index (χ2v) is 3.65. The molecule has 1 aromatic heterocycles. The number of aromatic nitrogens is 2. The molecule has 0 radical (unpaired) electrons. The summed E-state index contributed by atoms with van der Waals surface area (Å²) in [4.78, 5) is 11.2. The van der Waals surface area contributed by atoms with Crippen LogP contribution in [0.3, 0.4) is 0 Å². The number of nitrogens with two attached hydrogens (primary N) is 1. The van der Waals surface area contributed by atoms with Crippen molar-refractivity contribution in [3.05, 3.63) is 18.0 Å². The number of carbonyl (C=O) groups excluding carboxylic acids is 1. The van der Waals surface area contributed by atoms with Gasteiger partial charge in [-0.25, -0.2) is 0 Å². The molecule has 90 valence electrons. The average molecular weight is 225 g/mol. The van der Waals surface area contributed by atoms with Crippen LogP contribution in [0.1, 0.15) is 38.3 Å². The molecular weight excluding hydrogens is 206 g/mol. The second kappa shape index (κ2) is 6.27. The number of hydrogen-bond donors (Lipinski definition) is 1. The third-order valence-electron chi connectivity index (χ3n) is 2.23. The molecule has 0 saturated heterocycles. The summed E-state index contributed by atoms with van der Waals surface area (Å²) in [6.07, 6.45) is 4.81. The number of hydrogen-bond acceptors (Lipinski definition) is 4. The maximum absolute atomic E-state index is 11.2. The van der Waals surface area contributed by atoms with Crippen LogP contribution < -0.4 is 5.73 Å². The average Bonchev–Trinajstić information content (AvgIpc) is 2.67. The number of carbonyl (C=O) groups is 1. The highest BCUT2D eigenvalue weighted by molar-refractivity contribution is 5.70. The SMILES string of the molecule is CCCn1cc(C(N)CC(=O)OCC)cn1. The van der Waals surface area contributed by atoms with Gasteiger partial charge < -0.3 is 10.5 Å². The largest absolute Gasteiger partial charge is 0.466 e. The number of rotatable bonds is 6. The molecule has 1 aromatic rings. The summed E-state index contributed by atoms with van der Waals surface area (Å²) >= 11 is 0. The van der Waals surface area contributed by atoms with Crippen molar-refractivity contribution in [3.63, 3.8) is 0 Å². The Hall–Kier alpha value is -1.36. The fraction of sp³-hybridized carbons (Fsp3) is 0.636. The van der Waals surface area contributed by atoms with Gasteiger partial charge in [0, 0.05) is 24.3 Å². The van der Waals surface area contributed by atoms with Crippen LogP contribution in [0.4, 0.5) is 0 Å². The summed E-state index contributed by atoms with van der Waals surface area (Å²) in [5, 5.41) is 4.16. The summed E-state index contributed by atoms with van der Waals surface area (Å²) < 4.78 is 6.68. The minimum Gasteiger partial charge on any atom is -0.466 e. The molecule has 1 heterocycles. The number of ether oxygens (including phenoxy) is 1. The monoisotopic (exact) mass is 225 g/mol. The summed E-state index contributed by atoms with van der Waals surface area (Å²) in [5.41, 5.74) is 6.76. The van der Waals surface area contributed by atoms with Crippen LogP contribution in [0.25, 0.3) is 0 Å². The van der Waals surface area contributed by atoms with E-state index in [1.54, 1.807) is 13.1 Å². The smallest absolute Gasteiger partial charge is 0.307 e. The van der Waals surface area contributed by atoms with Crippen molar-refractivity contribution in [2.24, 2.45) is 5.73 Å². The summed E-state index contributed by atoms with van der Waals surface area (Å²) in [6, 6.07) is -0.329. The summed E-state index contributed by atoms with van der Waals surface area (Å²) in [6.45, 7) is 5.12. The lowest BCUT2D eigenvalue weighted by Gasteiger charge is -2.08. The number of aryl methyl sites for hydroxylation is 1. The molecule has 0 bridgehead atoms. The van der Waals surface area contributed by atoms with Crippen LogP contribution >= 0.6 is 0 Å². The maximum atomic E-state index is 11.2. The second-order valence-electron chi connectivity index (χ2n) is 3.65. The lowest BCUT2D eigenvalue weighted by Crippen LogP contribution is -2.16. The topological polar surface area (TPSA) is 70.1 Å². The van der Waals surface area contributed by atoms with Gasteiger partial charge in [0.05, 0.1) is 19.2 Å². The molecule has 5 nitrogen and oxygen atoms in total. The Morgan fingerprint density at radius 1 is 1.62 bits per heavy atom. The van der Waals surface area contributed by atoms with E-state index in [0.29, 0.717) is 6.61 Å². The Kier molecular flexibility index (Phi) is 4.98. The quantitative estimate of drug-likeness (QED) is 0.740. The van der Waals surface area contributed by atoms with E-state index in [2.05, 4.69) is 12.0 Å². The van der Waals surface area contributed by atoms with Crippen molar-refractivity contribution in [3.8, 4) is 0 Å². The Balaban J connectivity index is 2.51. The van der Waals surface area contributed by atoms with E-state index < -0.39 is 0 Å². The molecule has 1 unspecified atom stereocenters. The van der Waals surface area contributed by atoms with Crippen LogP contribution in [0.15, 0.2) is 12.4 Å². The van der Waals surface area contributed by atoms with Crippen molar-refractivity contribution < 1.29 is 9.53 Å². The first-order valence-electron chi connectivity index (χ1n) is 5.60. The van der Waals surface area contributed by atoms with Crippen molar-refractivity contribution in [2.45, 2.75) is 39.3 Å². The van der Waals surface area contributed by atoms with Crippen LogP contribution in [0.2, 0.25) is 0 Å². The maximum Gasteiger partial charge on any atom is 0.307 e. The molecule has 1 atom stereocenters. The van der Waals surface area contributed by atoms with Gasteiger partial charge in [-0.1, -0.05) is 6.92 Å². The lowest BCUT2D eigenvalue weighted by atomic mass is 10.1. The van der Waals surface area contributed by atoms with E-state index in [0.717, 1.165) is 18.5 Å². The van der Waals surface area contributed by atoms with Crippen LogP contribution in [0, 0.1) is 0 Å². The molecule has 0 spiro atoms. The predicted molar refractivity (Wildman–Crippen MR) is 60.7 cm³/mol. The van der Waals surface area contributed by atoms with Gasteiger partial charge in [0.25, 0.3) is 0 Å². The van der Waals surface area contributed by atoms with Gasteiger partial charge >= 0.3 is 5.97 Å². The first-order valence-corrected chi connectivity index (χ1v) is 5.60. The highest BCUT2D eigenvalue weighted by atomic mass is 16.5. The minimum absolute atomic E-state index is 0.200. The molecule has 0 amide bonds. The zero-order valence-corrected chi connectivity index (χ0v) is 9.85. The first kappa shape index (κ1) is 12.7. The summed E-state index contributed by atoms with van der Waals surface area (Å²) in [5.74, 6) is -0.266. The van der Waals surface area contributed by atoms with Gasteiger partial charge in [-0.2, -0.15) is 5.10 Å². The third-order valence-corrected chi connectivity index (χ3v) is 2.23. The molecule has 0 aliphatic heterocycles. The zero-order chi connectivity index (χ0) is 12.0.